The summed E-state index contributed by atoms with van der Waals surface area (Å²) in [6, 6.07) is 5.41. The third-order valence-corrected chi connectivity index (χ3v) is 4.03. The van der Waals surface area contributed by atoms with Crippen molar-refractivity contribution >= 4 is 11.8 Å². The van der Waals surface area contributed by atoms with Crippen molar-refractivity contribution in [3.8, 4) is 0 Å². The van der Waals surface area contributed by atoms with Gasteiger partial charge in [-0.05, 0) is 19.9 Å². The molecule has 0 bridgehead atoms. The van der Waals surface area contributed by atoms with E-state index in [4.69, 9.17) is 4.74 Å². The van der Waals surface area contributed by atoms with Crippen LogP contribution in [0.15, 0.2) is 24.3 Å². The number of nitrogens with zero attached hydrogens (tertiary/aromatic N) is 2. The Kier molecular flexibility index (Phi) is 5.13. The highest BCUT2D eigenvalue weighted by molar-refractivity contribution is 5.86. The Balaban J connectivity index is 2.40. The molecule has 0 N–H and O–H groups in total. The molecule has 0 aliphatic carbocycles. The molecule has 2 rings (SSSR count). The predicted octanol–water partition coefficient (Wildman–Crippen LogP) is 1.59. The Bertz CT molecular complexity index is 560. The van der Waals surface area contributed by atoms with Crippen LogP contribution in [0.4, 0.5) is 4.39 Å². The van der Waals surface area contributed by atoms with Crippen LogP contribution < -0.4 is 0 Å². The number of rotatable bonds is 4. The average Bonchev–Trinajstić information content (AvgIpc) is 2.52. The SMILES string of the molecule is CCN(CC)C(=O)[C@H]1OCC(=O)N(C)[C@@H]1c1ccccc1F. The van der Waals surface area contributed by atoms with Gasteiger partial charge in [0.1, 0.15) is 12.4 Å². The molecule has 6 heteroatoms. The van der Waals surface area contributed by atoms with Gasteiger partial charge >= 0.3 is 0 Å². The number of ether oxygens (including phenoxy) is 1. The molecular weight excluding hydrogens is 287 g/mol. The van der Waals surface area contributed by atoms with Crippen molar-refractivity contribution in [1.82, 2.24) is 9.80 Å². The predicted molar refractivity (Wildman–Crippen MR) is 79.6 cm³/mol. The van der Waals surface area contributed by atoms with Crippen molar-refractivity contribution in [2.24, 2.45) is 0 Å². The fraction of sp³-hybridized carbons (Fsp3) is 0.500. The van der Waals surface area contributed by atoms with Gasteiger partial charge in [0.05, 0.1) is 6.04 Å². The fourth-order valence-corrected chi connectivity index (χ4v) is 2.72. The summed E-state index contributed by atoms with van der Waals surface area (Å²) in [5.41, 5.74) is 0.295. The lowest BCUT2D eigenvalue weighted by Crippen LogP contribution is -2.54. The van der Waals surface area contributed by atoms with Crippen LogP contribution >= 0.6 is 0 Å². The summed E-state index contributed by atoms with van der Waals surface area (Å²) in [7, 11) is 1.57. The minimum atomic E-state index is -0.889. The second kappa shape index (κ2) is 6.87. The maximum Gasteiger partial charge on any atom is 0.254 e. The first-order valence-corrected chi connectivity index (χ1v) is 7.41. The van der Waals surface area contributed by atoms with E-state index in [1.54, 1.807) is 30.1 Å². The second-order valence-electron chi connectivity index (χ2n) is 5.21. The maximum atomic E-state index is 14.2. The molecule has 5 nitrogen and oxygen atoms in total. The fourth-order valence-electron chi connectivity index (χ4n) is 2.72. The van der Waals surface area contributed by atoms with E-state index >= 15 is 0 Å². The van der Waals surface area contributed by atoms with E-state index < -0.39 is 18.0 Å². The molecule has 0 spiro atoms. The molecule has 1 heterocycles. The summed E-state index contributed by atoms with van der Waals surface area (Å²) >= 11 is 0. The van der Waals surface area contributed by atoms with Crippen molar-refractivity contribution in [2.45, 2.75) is 26.0 Å². The van der Waals surface area contributed by atoms with Crippen LogP contribution in [0.2, 0.25) is 0 Å². The van der Waals surface area contributed by atoms with E-state index in [1.165, 1.54) is 11.0 Å². The van der Waals surface area contributed by atoms with Crippen molar-refractivity contribution in [3.63, 3.8) is 0 Å². The van der Waals surface area contributed by atoms with Gasteiger partial charge < -0.3 is 14.5 Å². The highest BCUT2D eigenvalue weighted by atomic mass is 19.1. The van der Waals surface area contributed by atoms with Crippen molar-refractivity contribution in [2.75, 3.05) is 26.7 Å². The molecule has 1 aromatic carbocycles. The smallest absolute Gasteiger partial charge is 0.254 e. The molecule has 1 fully saturated rings. The zero-order valence-electron chi connectivity index (χ0n) is 13.1. The summed E-state index contributed by atoms with van der Waals surface area (Å²) in [6.45, 7) is 4.65. The number of benzene rings is 1. The van der Waals surface area contributed by atoms with Gasteiger partial charge in [0, 0.05) is 25.7 Å². The first-order chi connectivity index (χ1) is 10.5. The minimum Gasteiger partial charge on any atom is -0.356 e. The van der Waals surface area contributed by atoms with Gasteiger partial charge in [-0.25, -0.2) is 4.39 Å². The first kappa shape index (κ1) is 16.4. The third kappa shape index (κ3) is 2.97. The van der Waals surface area contributed by atoms with Crippen LogP contribution in [0.1, 0.15) is 25.5 Å². The Labute approximate surface area is 129 Å². The number of hydrogen-bond acceptors (Lipinski definition) is 3. The Morgan fingerprint density at radius 2 is 2.00 bits per heavy atom. The molecule has 1 aromatic rings. The molecule has 1 saturated heterocycles. The molecule has 0 aromatic heterocycles. The monoisotopic (exact) mass is 308 g/mol. The summed E-state index contributed by atoms with van der Waals surface area (Å²) in [5, 5.41) is 0. The van der Waals surface area contributed by atoms with E-state index in [9.17, 15) is 14.0 Å². The van der Waals surface area contributed by atoms with Gasteiger partial charge in [-0.15, -0.1) is 0 Å². The lowest BCUT2D eigenvalue weighted by Gasteiger charge is -2.40. The van der Waals surface area contributed by atoms with Crippen LogP contribution in [0.25, 0.3) is 0 Å². The van der Waals surface area contributed by atoms with E-state index in [2.05, 4.69) is 0 Å². The largest absolute Gasteiger partial charge is 0.356 e. The number of carbonyl (C=O) groups excluding carboxylic acids is 2. The summed E-state index contributed by atoms with van der Waals surface area (Å²) in [6.07, 6.45) is -0.889. The zero-order valence-corrected chi connectivity index (χ0v) is 13.1. The number of hydrogen-bond donors (Lipinski definition) is 0. The minimum absolute atomic E-state index is 0.168. The van der Waals surface area contributed by atoms with Crippen LogP contribution in [0, 0.1) is 5.82 Å². The molecule has 1 aliphatic rings. The molecule has 0 radical (unpaired) electrons. The van der Waals surface area contributed by atoms with Gasteiger partial charge in [0.15, 0.2) is 6.10 Å². The second-order valence-corrected chi connectivity index (χ2v) is 5.21. The highest BCUT2D eigenvalue weighted by Crippen LogP contribution is 2.31. The molecule has 1 aliphatic heterocycles. The molecule has 22 heavy (non-hydrogen) atoms. The zero-order chi connectivity index (χ0) is 16.3. The number of amides is 2. The Morgan fingerprint density at radius 3 is 2.59 bits per heavy atom. The molecular formula is C16H21FN2O3. The standard InChI is InChI=1S/C16H21FN2O3/c1-4-19(5-2)16(21)15-14(18(3)13(20)10-22-15)11-8-6-7-9-12(11)17/h6-9,14-15H,4-5,10H2,1-3H3/t14-,15+/m1/s1. The average molecular weight is 308 g/mol. The van der Waals surface area contributed by atoms with E-state index in [1.807, 2.05) is 13.8 Å². The Morgan fingerprint density at radius 1 is 1.36 bits per heavy atom. The van der Waals surface area contributed by atoms with Crippen LogP contribution in [-0.4, -0.2) is 54.5 Å². The first-order valence-electron chi connectivity index (χ1n) is 7.41. The van der Waals surface area contributed by atoms with Crippen LogP contribution in [0.3, 0.4) is 0 Å². The van der Waals surface area contributed by atoms with Gasteiger partial charge in [-0.3, -0.25) is 9.59 Å². The number of morpholine rings is 1. The summed E-state index contributed by atoms with van der Waals surface area (Å²) in [4.78, 5) is 27.6. The van der Waals surface area contributed by atoms with E-state index in [0.717, 1.165) is 0 Å². The van der Waals surface area contributed by atoms with Crippen molar-refractivity contribution in [1.29, 1.82) is 0 Å². The number of halogens is 1. The summed E-state index contributed by atoms with van der Waals surface area (Å²) < 4.78 is 19.6. The molecule has 120 valence electrons. The number of carbonyl (C=O) groups is 2. The number of likely N-dealkylation sites (N-methyl/N-ethyl adjacent to an activating group) is 2. The van der Waals surface area contributed by atoms with Gasteiger partial charge in [-0.2, -0.15) is 0 Å². The molecule has 2 amide bonds. The maximum absolute atomic E-state index is 14.2. The van der Waals surface area contributed by atoms with E-state index in [0.29, 0.717) is 18.7 Å². The third-order valence-electron chi connectivity index (χ3n) is 4.03. The van der Waals surface area contributed by atoms with Gasteiger partial charge in [0.25, 0.3) is 5.91 Å². The van der Waals surface area contributed by atoms with Crippen LogP contribution in [-0.2, 0) is 14.3 Å². The topological polar surface area (TPSA) is 49.9 Å². The van der Waals surface area contributed by atoms with Crippen molar-refractivity contribution in [3.05, 3.63) is 35.6 Å². The van der Waals surface area contributed by atoms with Crippen molar-refractivity contribution < 1.29 is 18.7 Å². The molecule has 2 atom stereocenters. The Hall–Kier alpha value is -1.95. The quantitative estimate of drug-likeness (QED) is 0.849. The normalized spacial score (nSPS) is 21.8. The van der Waals surface area contributed by atoms with E-state index in [-0.39, 0.29) is 18.4 Å². The lowest BCUT2D eigenvalue weighted by atomic mass is 9.96. The lowest BCUT2D eigenvalue weighted by molar-refractivity contribution is -0.167. The van der Waals surface area contributed by atoms with Gasteiger partial charge in [0.2, 0.25) is 5.91 Å². The van der Waals surface area contributed by atoms with Gasteiger partial charge in [-0.1, -0.05) is 18.2 Å². The molecule has 0 unspecified atom stereocenters. The molecule has 0 saturated carbocycles. The van der Waals surface area contributed by atoms with Crippen LogP contribution in [0.5, 0.6) is 0 Å². The highest BCUT2D eigenvalue weighted by Gasteiger charge is 2.42. The summed E-state index contributed by atoms with van der Waals surface area (Å²) in [5.74, 6) is -0.940.